The first-order chi connectivity index (χ1) is 7.00. The van der Waals surface area contributed by atoms with E-state index in [0.717, 1.165) is 25.9 Å². The van der Waals surface area contributed by atoms with Crippen LogP contribution in [0.4, 0.5) is 0 Å². The second-order valence-corrected chi connectivity index (χ2v) is 4.18. The first kappa shape index (κ1) is 12.1. The Hall–Kier alpha value is -0.940. The van der Waals surface area contributed by atoms with E-state index in [0.29, 0.717) is 6.54 Å². The summed E-state index contributed by atoms with van der Waals surface area (Å²) in [5.74, 6) is -0.735. The first-order valence-electron chi connectivity index (χ1n) is 5.21. The number of carbonyl (C=O) groups excluding carboxylic acids is 1. The molecule has 0 aromatic heterocycles. The fraction of sp³-hybridized carbons (Fsp3) is 0.800. The molecule has 5 nitrogen and oxygen atoms in total. The molecule has 1 aliphatic rings. The van der Waals surface area contributed by atoms with Crippen LogP contribution in [0.25, 0.3) is 0 Å². The van der Waals surface area contributed by atoms with Crippen molar-refractivity contribution in [3.8, 4) is 0 Å². The van der Waals surface area contributed by atoms with Gasteiger partial charge in [-0.1, -0.05) is 0 Å². The Bertz CT molecular complexity index is 247. The third kappa shape index (κ3) is 3.60. The van der Waals surface area contributed by atoms with Crippen molar-refractivity contribution < 1.29 is 14.7 Å². The maximum Gasteiger partial charge on any atom is 0.320 e. The molecule has 86 valence electrons. The number of ketones is 1. The molecule has 0 aliphatic carbocycles. The summed E-state index contributed by atoms with van der Waals surface area (Å²) in [7, 11) is 0. The lowest BCUT2D eigenvalue weighted by molar-refractivity contribution is -0.140. The van der Waals surface area contributed by atoms with Crippen molar-refractivity contribution in [3.63, 3.8) is 0 Å². The Morgan fingerprint density at radius 2 is 2.00 bits per heavy atom. The topological polar surface area (TPSA) is 83.6 Å². The van der Waals surface area contributed by atoms with Gasteiger partial charge in [-0.05, 0) is 38.8 Å². The maximum atomic E-state index is 10.9. The molecule has 15 heavy (non-hydrogen) atoms. The van der Waals surface area contributed by atoms with Gasteiger partial charge in [0.25, 0.3) is 0 Å². The molecule has 1 rings (SSSR count). The molecule has 0 bridgehead atoms. The Morgan fingerprint density at radius 1 is 1.47 bits per heavy atom. The van der Waals surface area contributed by atoms with E-state index in [-0.39, 0.29) is 11.7 Å². The van der Waals surface area contributed by atoms with Crippen molar-refractivity contribution in [2.45, 2.75) is 25.8 Å². The van der Waals surface area contributed by atoms with Gasteiger partial charge in [-0.3, -0.25) is 14.5 Å². The van der Waals surface area contributed by atoms with E-state index in [1.165, 1.54) is 0 Å². The van der Waals surface area contributed by atoms with Gasteiger partial charge in [-0.25, -0.2) is 0 Å². The molecule has 1 fully saturated rings. The van der Waals surface area contributed by atoms with Gasteiger partial charge in [0.2, 0.25) is 0 Å². The molecule has 1 atom stereocenters. The van der Waals surface area contributed by atoms with Crippen molar-refractivity contribution in [1.82, 2.24) is 4.90 Å². The van der Waals surface area contributed by atoms with Crippen molar-refractivity contribution in [3.05, 3.63) is 0 Å². The lowest BCUT2D eigenvalue weighted by Crippen LogP contribution is -2.45. The zero-order chi connectivity index (χ0) is 11.4. The molecule has 0 aromatic carbocycles. The molecule has 1 aliphatic heterocycles. The summed E-state index contributed by atoms with van der Waals surface area (Å²) < 4.78 is 0. The maximum absolute atomic E-state index is 10.9. The van der Waals surface area contributed by atoms with Gasteiger partial charge < -0.3 is 10.8 Å². The fourth-order valence-corrected chi connectivity index (χ4v) is 1.99. The summed E-state index contributed by atoms with van der Waals surface area (Å²) in [4.78, 5) is 23.6. The molecule has 5 heteroatoms. The van der Waals surface area contributed by atoms with Crippen LogP contribution in [0.1, 0.15) is 19.8 Å². The predicted molar refractivity (Wildman–Crippen MR) is 55.5 cm³/mol. The van der Waals surface area contributed by atoms with E-state index < -0.39 is 12.0 Å². The number of nitrogens with zero attached hydrogens (tertiary/aromatic N) is 1. The first-order valence-corrected chi connectivity index (χ1v) is 5.21. The highest BCUT2D eigenvalue weighted by Crippen LogP contribution is 2.19. The number of hydrogen-bond donors (Lipinski definition) is 2. The standard InChI is InChI=1S/C10H18N2O3/c1-7(13)6-12-4-2-8(3-5-12)9(11)10(14)15/h8-9H,2-6,11H2,1H3,(H,14,15)/t9-/m0/s1. The number of aliphatic carboxylic acids is 1. The normalized spacial score (nSPS) is 21.2. The van der Waals surface area contributed by atoms with Gasteiger partial charge in [0.1, 0.15) is 11.8 Å². The van der Waals surface area contributed by atoms with Crippen LogP contribution in [-0.4, -0.2) is 47.4 Å². The van der Waals surface area contributed by atoms with E-state index in [4.69, 9.17) is 10.8 Å². The molecule has 0 aromatic rings. The van der Waals surface area contributed by atoms with E-state index >= 15 is 0 Å². The van der Waals surface area contributed by atoms with Crippen LogP contribution in [0.15, 0.2) is 0 Å². The van der Waals surface area contributed by atoms with Gasteiger partial charge in [0, 0.05) is 0 Å². The molecule has 3 N–H and O–H groups in total. The predicted octanol–water partition coefficient (Wildman–Crippen LogP) is -0.301. The average molecular weight is 214 g/mol. The molecule has 0 amide bonds. The lowest BCUT2D eigenvalue weighted by Gasteiger charge is -2.32. The number of hydrogen-bond acceptors (Lipinski definition) is 4. The van der Waals surface area contributed by atoms with Crippen molar-refractivity contribution in [2.75, 3.05) is 19.6 Å². The number of Topliss-reactive ketones (excluding diaryl/α,β-unsaturated/α-hetero) is 1. The fourth-order valence-electron chi connectivity index (χ4n) is 1.99. The number of carbonyl (C=O) groups is 2. The van der Waals surface area contributed by atoms with Crippen LogP contribution in [-0.2, 0) is 9.59 Å². The van der Waals surface area contributed by atoms with E-state index in [1.54, 1.807) is 6.92 Å². The second-order valence-electron chi connectivity index (χ2n) is 4.18. The van der Waals surface area contributed by atoms with Crippen LogP contribution < -0.4 is 5.73 Å². The summed E-state index contributed by atoms with van der Waals surface area (Å²) in [6.45, 7) is 3.57. The molecular formula is C10H18N2O3. The van der Waals surface area contributed by atoms with Crippen LogP contribution >= 0.6 is 0 Å². The summed E-state index contributed by atoms with van der Waals surface area (Å²) in [6.07, 6.45) is 1.53. The highest BCUT2D eigenvalue weighted by Gasteiger charge is 2.28. The van der Waals surface area contributed by atoms with Crippen molar-refractivity contribution in [1.29, 1.82) is 0 Å². The van der Waals surface area contributed by atoms with Gasteiger partial charge in [0.05, 0.1) is 6.54 Å². The summed E-state index contributed by atoms with van der Waals surface area (Å²) in [6, 6.07) is -0.760. The molecular weight excluding hydrogens is 196 g/mol. The monoisotopic (exact) mass is 214 g/mol. The largest absolute Gasteiger partial charge is 0.480 e. The zero-order valence-corrected chi connectivity index (χ0v) is 8.98. The number of nitrogens with two attached hydrogens (primary N) is 1. The summed E-state index contributed by atoms with van der Waals surface area (Å²) in [5, 5.41) is 8.75. The third-order valence-corrected chi connectivity index (χ3v) is 2.87. The van der Waals surface area contributed by atoms with Gasteiger partial charge >= 0.3 is 5.97 Å². The highest BCUT2D eigenvalue weighted by atomic mass is 16.4. The van der Waals surface area contributed by atoms with E-state index in [1.807, 2.05) is 4.90 Å². The number of piperidine rings is 1. The molecule has 0 saturated carbocycles. The van der Waals surface area contributed by atoms with Crippen LogP contribution in [0.3, 0.4) is 0 Å². The van der Waals surface area contributed by atoms with E-state index in [9.17, 15) is 9.59 Å². The third-order valence-electron chi connectivity index (χ3n) is 2.87. The van der Waals surface area contributed by atoms with Crippen molar-refractivity contribution >= 4 is 11.8 Å². The highest BCUT2D eigenvalue weighted by molar-refractivity contribution is 5.77. The molecule has 0 unspecified atom stereocenters. The minimum Gasteiger partial charge on any atom is -0.480 e. The lowest BCUT2D eigenvalue weighted by atomic mass is 9.90. The SMILES string of the molecule is CC(=O)CN1CCC([C@H](N)C(=O)O)CC1. The molecule has 1 saturated heterocycles. The number of carboxylic acid groups (broad SMARTS) is 1. The molecule has 0 radical (unpaired) electrons. The average Bonchev–Trinajstić information content (AvgIpc) is 2.17. The van der Waals surface area contributed by atoms with Gasteiger partial charge in [-0.15, -0.1) is 0 Å². The number of rotatable bonds is 4. The number of carboxylic acids is 1. The van der Waals surface area contributed by atoms with Gasteiger partial charge in [0.15, 0.2) is 0 Å². The quantitative estimate of drug-likeness (QED) is 0.671. The molecule has 1 heterocycles. The summed E-state index contributed by atoms with van der Waals surface area (Å²) >= 11 is 0. The van der Waals surface area contributed by atoms with Crippen LogP contribution in [0.5, 0.6) is 0 Å². The zero-order valence-electron chi connectivity index (χ0n) is 8.98. The van der Waals surface area contributed by atoms with Crippen LogP contribution in [0, 0.1) is 5.92 Å². The summed E-state index contributed by atoms with van der Waals surface area (Å²) in [5.41, 5.74) is 5.55. The van der Waals surface area contributed by atoms with Gasteiger partial charge in [-0.2, -0.15) is 0 Å². The van der Waals surface area contributed by atoms with E-state index in [2.05, 4.69) is 0 Å². The minimum atomic E-state index is -0.931. The number of likely N-dealkylation sites (tertiary alicyclic amines) is 1. The Balaban J connectivity index is 2.35. The Morgan fingerprint density at radius 3 is 2.40 bits per heavy atom. The molecule has 0 spiro atoms. The smallest absolute Gasteiger partial charge is 0.320 e. The second kappa shape index (κ2) is 5.23. The van der Waals surface area contributed by atoms with Crippen LogP contribution in [0.2, 0.25) is 0 Å². The Kier molecular flexibility index (Phi) is 4.23. The van der Waals surface area contributed by atoms with Crippen molar-refractivity contribution in [2.24, 2.45) is 11.7 Å². The Labute approximate surface area is 89.2 Å². The minimum absolute atomic E-state index is 0.0470.